The van der Waals surface area contributed by atoms with Gasteiger partial charge in [0.2, 0.25) is 0 Å². The summed E-state index contributed by atoms with van der Waals surface area (Å²) in [4.78, 5) is 4.73. The van der Waals surface area contributed by atoms with Crippen molar-refractivity contribution in [2.24, 2.45) is 5.92 Å². The van der Waals surface area contributed by atoms with Gasteiger partial charge in [-0.25, -0.2) is 0 Å². The third-order valence-electron chi connectivity index (χ3n) is 3.48. The molecule has 0 saturated carbocycles. The fourth-order valence-corrected chi connectivity index (χ4v) is 2.38. The highest BCUT2D eigenvalue weighted by atomic mass is 14.8. The number of hydrogen-bond donors (Lipinski definition) is 1. The Morgan fingerprint density at radius 3 is 2.81 bits per heavy atom. The van der Waals surface area contributed by atoms with Crippen LogP contribution < -0.4 is 5.32 Å². The van der Waals surface area contributed by atoms with Crippen LogP contribution >= 0.6 is 0 Å². The maximum absolute atomic E-state index is 4.73. The Bertz CT molecular complexity index is 599. The van der Waals surface area contributed by atoms with Crippen LogP contribution in [0.3, 0.4) is 0 Å². The van der Waals surface area contributed by atoms with E-state index in [0.29, 0.717) is 0 Å². The number of allylic oxidation sites excluding steroid dienone is 1. The Morgan fingerprint density at radius 2 is 2.00 bits per heavy atom. The van der Waals surface area contributed by atoms with E-state index in [2.05, 4.69) is 62.5 Å². The molecule has 112 valence electrons. The Kier molecular flexibility index (Phi) is 5.94. The van der Waals surface area contributed by atoms with Crippen LogP contribution in [0.25, 0.3) is 10.9 Å². The van der Waals surface area contributed by atoms with Crippen LogP contribution in [0.5, 0.6) is 0 Å². The number of benzene rings is 1. The predicted molar refractivity (Wildman–Crippen MR) is 91.5 cm³/mol. The molecular weight excluding hydrogens is 256 g/mol. The molecule has 0 spiro atoms. The SMILES string of the molecule is CC(=CCCNCC(C)C)Cc1ccc2ccccc2n1. The topological polar surface area (TPSA) is 24.9 Å². The summed E-state index contributed by atoms with van der Waals surface area (Å²) in [5.74, 6) is 0.719. The Labute approximate surface area is 128 Å². The monoisotopic (exact) mass is 282 g/mol. The van der Waals surface area contributed by atoms with E-state index < -0.39 is 0 Å². The first kappa shape index (κ1) is 15.7. The molecule has 1 heterocycles. The van der Waals surface area contributed by atoms with Gasteiger partial charge in [-0.15, -0.1) is 0 Å². The fraction of sp³-hybridized carbons (Fsp3) is 0.421. The van der Waals surface area contributed by atoms with E-state index in [1.54, 1.807) is 0 Å². The minimum atomic E-state index is 0.719. The molecule has 0 bridgehead atoms. The van der Waals surface area contributed by atoms with E-state index in [-0.39, 0.29) is 0 Å². The lowest BCUT2D eigenvalue weighted by atomic mass is 10.1. The summed E-state index contributed by atoms with van der Waals surface area (Å²) < 4.78 is 0. The van der Waals surface area contributed by atoms with E-state index in [1.165, 1.54) is 11.0 Å². The molecule has 2 rings (SSSR count). The van der Waals surface area contributed by atoms with Gasteiger partial charge in [-0.2, -0.15) is 0 Å². The smallest absolute Gasteiger partial charge is 0.0705 e. The van der Waals surface area contributed by atoms with Crippen LogP contribution in [-0.2, 0) is 6.42 Å². The van der Waals surface area contributed by atoms with E-state index in [1.807, 2.05) is 6.07 Å². The molecule has 1 aromatic carbocycles. The quantitative estimate of drug-likeness (QED) is 0.603. The van der Waals surface area contributed by atoms with Gasteiger partial charge in [0.1, 0.15) is 0 Å². The van der Waals surface area contributed by atoms with Crippen LogP contribution in [0.15, 0.2) is 48.0 Å². The van der Waals surface area contributed by atoms with Gasteiger partial charge < -0.3 is 5.32 Å². The molecule has 2 aromatic rings. The van der Waals surface area contributed by atoms with Gasteiger partial charge in [-0.1, -0.05) is 49.8 Å². The third-order valence-corrected chi connectivity index (χ3v) is 3.48. The Morgan fingerprint density at radius 1 is 1.19 bits per heavy atom. The summed E-state index contributed by atoms with van der Waals surface area (Å²) in [7, 11) is 0. The molecule has 21 heavy (non-hydrogen) atoms. The average molecular weight is 282 g/mol. The molecule has 0 unspecified atom stereocenters. The van der Waals surface area contributed by atoms with Gasteiger partial charge in [-0.3, -0.25) is 4.98 Å². The van der Waals surface area contributed by atoms with Crippen molar-refractivity contribution in [3.05, 3.63) is 53.7 Å². The van der Waals surface area contributed by atoms with Crippen molar-refractivity contribution < 1.29 is 0 Å². The number of rotatable bonds is 7. The standard InChI is InChI=1S/C19H26N2/c1-15(2)14-20-12-6-7-16(3)13-18-11-10-17-8-4-5-9-19(17)21-18/h4-5,7-11,15,20H,6,12-14H2,1-3H3. The lowest BCUT2D eigenvalue weighted by Crippen LogP contribution is -2.20. The number of fused-ring (bicyclic) bond motifs is 1. The van der Waals surface area contributed by atoms with Crippen LogP contribution in [-0.4, -0.2) is 18.1 Å². The molecule has 0 radical (unpaired) electrons. The molecule has 0 atom stereocenters. The predicted octanol–water partition coefficient (Wildman–Crippen LogP) is 4.36. The minimum Gasteiger partial charge on any atom is -0.316 e. The van der Waals surface area contributed by atoms with E-state index in [4.69, 9.17) is 4.98 Å². The van der Waals surface area contributed by atoms with Crippen molar-refractivity contribution >= 4 is 10.9 Å². The maximum Gasteiger partial charge on any atom is 0.0705 e. The van der Waals surface area contributed by atoms with Crippen molar-refractivity contribution in [1.82, 2.24) is 10.3 Å². The first-order valence-corrected chi connectivity index (χ1v) is 7.86. The number of nitrogens with one attached hydrogen (secondary N) is 1. The highest BCUT2D eigenvalue weighted by molar-refractivity contribution is 5.78. The van der Waals surface area contributed by atoms with E-state index in [0.717, 1.165) is 43.1 Å². The van der Waals surface area contributed by atoms with Gasteiger partial charge >= 0.3 is 0 Å². The molecule has 0 aliphatic rings. The second kappa shape index (κ2) is 7.94. The van der Waals surface area contributed by atoms with Crippen LogP contribution in [0.2, 0.25) is 0 Å². The largest absolute Gasteiger partial charge is 0.316 e. The molecule has 2 nitrogen and oxygen atoms in total. The van der Waals surface area contributed by atoms with Crippen LogP contribution in [0, 0.1) is 5.92 Å². The van der Waals surface area contributed by atoms with Crippen molar-refractivity contribution in [2.45, 2.75) is 33.6 Å². The summed E-state index contributed by atoms with van der Waals surface area (Å²) in [6.07, 6.45) is 4.35. The lowest BCUT2D eigenvalue weighted by molar-refractivity contribution is 0.556. The van der Waals surface area contributed by atoms with Gasteiger partial charge in [0.15, 0.2) is 0 Å². The fourth-order valence-electron chi connectivity index (χ4n) is 2.38. The molecule has 0 aliphatic carbocycles. The molecular formula is C19H26N2. The summed E-state index contributed by atoms with van der Waals surface area (Å²) in [6.45, 7) is 8.82. The number of hydrogen-bond acceptors (Lipinski definition) is 2. The molecule has 0 saturated heterocycles. The first-order valence-electron chi connectivity index (χ1n) is 7.86. The van der Waals surface area contributed by atoms with Crippen molar-refractivity contribution in [3.63, 3.8) is 0 Å². The normalized spacial score (nSPS) is 12.3. The van der Waals surface area contributed by atoms with Gasteiger partial charge in [0.25, 0.3) is 0 Å². The van der Waals surface area contributed by atoms with Crippen molar-refractivity contribution in [1.29, 1.82) is 0 Å². The van der Waals surface area contributed by atoms with Gasteiger partial charge in [0, 0.05) is 17.5 Å². The summed E-state index contributed by atoms with van der Waals surface area (Å²) >= 11 is 0. The molecule has 2 heteroatoms. The molecule has 0 fully saturated rings. The zero-order chi connectivity index (χ0) is 15.1. The van der Waals surface area contributed by atoms with Gasteiger partial charge in [-0.05, 0) is 44.5 Å². The maximum atomic E-state index is 4.73. The Balaban J connectivity index is 1.87. The summed E-state index contributed by atoms with van der Waals surface area (Å²) in [6, 6.07) is 12.6. The Hall–Kier alpha value is -1.67. The third kappa shape index (κ3) is 5.31. The lowest BCUT2D eigenvalue weighted by Gasteiger charge is -2.06. The molecule has 1 aromatic heterocycles. The van der Waals surface area contributed by atoms with Gasteiger partial charge in [0.05, 0.1) is 5.52 Å². The first-order chi connectivity index (χ1) is 10.1. The molecule has 0 amide bonds. The van der Waals surface area contributed by atoms with Crippen molar-refractivity contribution in [2.75, 3.05) is 13.1 Å². The highest BCUT2D eigenvalue weighted by Gasteiger charge is 1.99. The number of aromatic nitrogens is 1. The van der Waals surface area contributed by atoms with E-state index in [9.17, 15) is 0 Å². The summed E-state index contributed by atoms with van der Waals surface area (Å²) in [5.41, 5.74) is 3.63. The number of nitrogens with zero attached hydrogens (tertiary/aromatic N) is 1. The minimum absolute atomic E-state index is 0.719. The second-order valence-corrected chi connectivity index (χ2v) is 6.11. The van der Waals surface area contributed by atoms with Crippen LogP contribution in [0.4, 0.5) is 0 Å². The zero-order valence-electron chi connectivity index (χ0n) is 13.4. The van der Waals surface area contributed by atoms with Crippen LogP contribution in [0.1, 0.15) is 32.9 Å². The number of para-hydroxylation sites is 1. The average Bonchev–Trinajstić information content (AvgIpc) is 2.46. The van der Waals surface area contributed by atoms with Crippen molar-refractivity contribution in [3.8, 4) is 0 Å². The zero-order valence-corrected chi connectivity index (χ0v) is 13.4. The molecule has 0 aliphatic heterocycles. The highest BCUT2D eigenvalue weighted by Crippen LogP contribution is 2.14. The van der Waals surface area contributed by atoms with E-state index >= 15 is 0 Å². The molecule has 1 N–H and O–H groups in total. The summed E-state index contributed by atoms with van der Waals surface area (Å²) in [5, 5.41) is 4.68. The second-order valence-electron chi connectivity index (χ2n) is 6.11. The number of pyridine rings is 1.